The number of aryl methyl sites for hydroxylation is 1. The first-order valence-corrected chi connectivity index (χ1v) is 5.70. The third-order valence-electron chi connectivity index (χ3n) is 2.49. The Morgan fingerprint density at radius 3 is 2.93 bits per heavy atom. The second-order valence-electron chi connectivity index (χ2n) is 3.57. The van der Waals surface area contributed by atoms with Crippen LogP contribution in [0, 0.1) is 0 Å². The highest BCUT2D eigenvalue weighted by Gasteiger charge is 2.27. The number of rotatable bonds is 2. The molecule has 1 atom stereocenters. The van der Waals surface area contributed by atoms with E-state index in [0.29, 0.717) is 16.9 Å². The Kier molecular flexibility index (Phi) is 3.16. The van der Waals surface area contributed by atoms with Gasteiger partial charge in [0.1, 0.15) is 11.8 Å². The van der Waals surface area contributed by atoms with E-state index in [9.17, 15) is 4.79 Å². The number of ether oxygens (including phenoxy) is 1. The second kappa shape index (κ2) is 4.40. The van der Waals surface area contributed by atoms with E-state index in [-0.39, 0.29) is 11.9 Å². The summed E-state index contributed by atoms with van der Waals surface area (Å²) in [6, 6.07) is 0. The van der Waals surface area contributed by atoms with Crippen molar-refractivity contribution in [1.82, 2.24) is 15.0 Å². The monoisotopic (exact) mass is 273 g/mol. The van der Waals surface area contributed by atoms with Crippen LogP contribution in [0.25, 0.3) is 0 Å². The first-order chi connectivity index (χ1) is 7.20. The van der Waals surface area contributed by atoms with Gasteiger partial charge in [-0.05, 0) is 35.2 Å². The predicted octanol–water partition coefficient (Wildman–Crippen LogP) is 1.33. The van der Waals surface area contributed by atoms with Crippen LogP contribution in [0.1, 0.15) is 29.8 Å². The van der Waals surface area contributed by atoms with Gasteiger partial charge in [0.25, 0.3) is 0 Å². The van der Waals surface area contributed by atoms with Crippen LogP contribution in [-0.2, 0) is 11.8 Å². The molecule has 1 saturated heterocycles. The molecular formula is C9H12BrN3O2. The van der Waals surface area contributed by atoms with Gasteiger partial charge in [-0.15, -0.1) is 5.10 Å². The highest BCUT2D eigenvalue weighted by Crippen LogP contribution is 2.20. The minimum Gasteiger partial charge on any atom is -0.370 e. The number of carbonyl (C=O) groups is 1. The van der Waals surface area contributed by atoms with Crippen molar-refractivity contribution in [2.24, 2.45) is 7.05 Å². The van der Waals surface area contributed by atoms with E-state index in [1.54, 1.807) is 7.05 Å². The Morgan fingerprint density at radius 2 is 2.40 bits per heavy atom. The molecule has 0 saturated carbocycles. The van der Waals surface area contributed by atoms with E-state index < -0.39 is 0 Å². The molecule has 0 N–H and O–H groups in total. The minimum atomic E-state index is -0.327. The smallest absolute Gasteiger partial charge is 0.212 e. The summed E-state index contributed by atoms with van der Waals surface area (Å²) in [5.74, 6) is -0.0333. The topological polar surface area (TPSA) is 57.0 Å². The molecule has 0 aliphatic carbocycles. The van der Waals surface area contributed by atoms with E-state index in [4.69, 9.17) is 4.74 Å². The number of ketones is 1. The lowest BCUT2D eigenvalue weighted by Crippen LogP contribution is -2.29. The van der Waals surface area contributed by atoms with Gasteiger partial charge in [-0.3, -0.25) is 4.79 Å². The summed E-state index contributed by atoms with van der Waals surface area (Å²) in [6.07, 6.45) is 2.54. The molecule has 0 aromatic carbocycles. The third kappa shape index (κ3) is 2.10. The Hall–Kier alpha value is -0.750. The summed E-state index contributed by atoms with van der Waals surface area (Å²) in [4.78, 5) is 12.0. The van der Waals surface area contributed by atoms with Crippen LogP contribution >= 0.6 is 15.9 Å². The number of aromatic nitrogens is 3. The van der Waals surface area contributed by atoms with Crippen LogP contribution in [0.2, 0.25) is 0 Å². The molecule has 2 rings (SSSR count). The van der Waals surface area contributed by atoms with Crippen LogP contribution in [0.5, 0.6) is 0 Å². The number of Topliss-reactive ketones (excluding diaryl/α,β-unsaturated/α-hetero) is 1. The van der Waals surface area contributed by atoms with E-state index in [0.717, 1.165) is 19.3 Å². The zero-order valence-electron chi connectivity index (χ0n) is 8.44. The Bertz CT molecular complexity index is 352. The fraction of sp³-hybridized carbons (Fsp3) is 0.667. The Labute approximate surface area is 95.9 Å². The highest BCUT2D eigenvalue weighted by molar-refractivity contribution is 9.10. The highest BCUT2D eigenvalue weighted by atomic mass is 79.9. The van der Waals surface area contributed by atoms with Gasteiger partial charge in [0.15, 0.2) is 4.60 Å². The van der Waals surface area contributed by atoms with Crippen molar-refractivity contribution in [3.63, 3.8) is 0 Å². The minimum absolute atomic E-state index is 0.0333. The van der Waals surface area contributed by atoms with Crippen molar-refractivity contribution in [2.45, 2.75) is 25.4 Å². The summed E-state index contributed by atoms with van der Waals surface area (Å²) in [5, 5.41) is 7.56. The maximum Gasteiger partial charge on any atom is 0.212 e. The van der Waals surface area contributed by atoms with Crippen LogP contribution in [-0.4, -0.2) is 33.5 Å². The van der Waals surface area contributed by atoms with Crippen LogP contribution in [0.3, 0.4) is 0 Å². The van der Waals surface area contributed by atoms with Crippen molar-refractivity contribution in [3.05, 3.63) is 10.3 Å². The zero-order chi connectivity index (χ0) is 10.8. The quantitative estimate of drug-likeness (QED) is 0.763. The lowest BCUT2D eigenvalue weighted by Gasteiger charge is -2.20. The normalized spacial score (nSPS) is 21.6. The molecule has 1 aromatic rings. The van der Waals surface area contributed by atoms with Gasteiger partial charge in [-0.25, -0.2) is 4.68 Å². The van der Waals surface area contributed by atoms with Gasteiger partial charge in [0.05, 0.1) is 0 Å². The van der Waals surface area contributed by atoms with Crippen LogP contribution in [0.4, 0.5) is 0 Å². The number of hydrogen-bond acceptors (Lipinski definition) is 4. The Morgan fingerprint density at radius 1 is 1.60 bits per heavy atom. The summed E-state index contributed by atoms with van der Waals surface area (Å²) in [5.41, 5.74) is 0.488. The van der Waals surface area contributed by atoms with E-state index in [1.807, 2.05) is 0 Å². The maximum absolute atomic E-state index is 12.0. The third-order valence-corrected chi connectivity index (χ3v) is 3.03. The van der Waals surface area contributed by atoms with Gasteiger partial charge in [-0.2, -0.15) is 0 Å². The molecule has 1 unspecified atom stereocenters. The van der Waals surface area contributed by atoms with Crippen molar-refractivity contribution >= 4 is 21.7 Å². The average Bonchev–Trinajstić information content (AvgIpc) is 2.59. The first kappa shape index (κ1) is 10.8. The Balaban J connectivity index is 2.19. The number of nitrogens with zero attached hydrogens (tertiary/aromatic N) is 3. The maximum atomic E-state index is 12.0. The summed E-state index contributed by atoms with van der Waals surface area (Å²) >= 11 is 3.21. The molecule has 82 valence electrons. The lowest BCUT2D eigenvalue weighted by molar-refractivity contribution is 0.0179. The summed E-state index contributed by atoms with van der Waals surface area (Å²) < 4.78 is 7.40. The molecule has 2 heterocycles. The van der Waals surface area contributed by atoms with Crippen molar-refractivity contribution in [2.75, 3.05) is 6.61 Å². The van der Waals surface area contributed by atoms with Gasteiger partial charge in [0, 0.05) is 13.7 Å². The first-order valence-electron chi connectivity index (χ1n) is 4.91. The lowest BCUT2D eigenvalue weighted by atomic mass is 10.0. The fourth-order valence-corrected chi connectivity index (χ4v) is 2.22. The van der Waals surface area contributed by atoms with Gasteiger partial charge in [-0.1, -0.05) is 5.21 Å². The predicted molar refractivity (Wildman–Crippen MR) is 56.6 cm³/mol. The fourth-order valence-electron chi connectivity index (χ4n) is 1.69. The summed E-state index contributed by atoms with van der Waals surface area (Å²) in [7, 11) is 1.70. The molecule has 0 bridgehead atoms. The molecule has 1 aliphatic rings. The molecule has 5 nitrogen and oxygen atoms in total. The van der Waals surface area contributed by atoms with Crippen molar-refractivity contribution in [3.8, 4) is 0 Å². The van der Waals surface area contributed by atoms with E-state index in [1.165, 1.54) is 4.68 Å². The number of halogens is 1. The van der Waals surface area contributed by atoms with Crippen molar-refractivity contribution < 1.29 is 9.53 Å². The standard InChI is InChI=1S/C9H12BrN3O2/c1-13-7(9(10)11-12-13)8(14)6-4-2-3-5-15-6/h6H,2-5H2,1H3. The van der Waals surface area contributed by atoms with Gasteiger partial charge >= 0.3 is 0 Å². The largest absolute Gasteiger partial charge is 0.370 e. The second-order valence-corrected chi connectivity index (χ2v) is 4.32. The van der Waals surface area contributed by atoms with Gasteiger partial charge in [0.2, 0.25) is 5.78 Å². The summed E-state index contributed by atoms with van der Waals surface area (Å²) in [6.45, 7) is 0.666. The number of hydrogen-bond donors (Lipinski definition) is 0. The molecule has 15 heavy (non-hydrogen) atoms. The van der Waals surface area contributed by atoms with E-state index >= 15 is 0 Å². The molecule has 0 radical (unpaired) electrons. The van der Waals surface area contributed by atoms with Crippen LogP contribution < -0.4 is 0 Å². The number of carbonyl (C=O) groups excluding carboxylic acids is 1. The molecule has 0 spiro atoms. The molecule has 1 fully saturated rings. The average molecular weight is 274 g/mol. The zero-order valence-corrected chi connectivity index (χ0v) is 10.0. The SMILES string of the molecule is Cn1nnc(Br)c1C(=O)C1CCCCO1. The van der Waals surface area contributed by atoms with Gasteiger partial charge < -0.3 is 4.74 Å². The molecule has 0 amide bonds. The van der Waals surface area contributed by atoms with Crippen LogP contribution in [0.15, 0.2) is 4.60 Å². The van der Waals surface area contributed by atoms with E-state index in [2.05, 4.69) is 26.2 Å². The molecule has 6 heteroatoms. The molecule has 1 aromatic heterocycles. The molecular weight excluding hydrogens is 262 g/mol. The van der Waals surface area contributed by atoms with Crippen molar-refractivity contribution in [1.29, 1.82) is 0 Å². The molecule has 1 aliphatic heterocycles.